The first kappa shape index (κ1) is 14.4. The lowest BCUT2D eigenvalue weighted by Gasteiger charge is -2.23. The van der Waals surface area contributed by atoms with E-state index in [0.717, 1.165) is 11.1 Å². The van der Waals surface area contributed by atoms with E-state index in [1.165, 1.54) is 0 Å². The zero-order valence-electron chi connectivity index (χ0n) is 11.5. The fourth-order valence-corrected chi connectivity index (χ4v) is 2.86. The molecule has 0 saturated carbocycles. The molecule has 2 aromatic carbocycles. The highest BCUT2D eigenvalue weighted by Gasteiger charge is 2.28. The summed E-state index contributed by atoms with van der Waals surface area (Å²) in [7, 11) is -1.43. The Morgan fingerprint density at radius 3 is 2.25 bits per heavy atom. The zero-order valence-corrected chi connectivity index (χ0v) is 12.3. The van der Waals surface area contributed by atoms with Crippen molar-refractivity contribution >= 4 is 11.0 Å². The Balaban J connectivity index is 2.25. The second kappa shape index (κ2) is 6.00. The fraction of sp³-hybridized carbons (Fsp3) is 0.188. The van der Waals surface area contributed by atoms with Crippen LogP contribution in [-0.2, 0) is 16.5 Å². The Labute approximate surface area is 121 Å². The van der Waals surface area contributed by atoms with E-state index in [-0.39, 0.29) is 0 Å². The van der Waals surface area contributed by atoms with Gasteiger partial charge < -0.3 is 0 Å². The summed E-state index contributed by atoms with van der Waals surface area (Å²) in [4.78, 5) is 0.660. The van der Waals surface area contributed by atoms with Gasteiger partial charge in [-0.05, 0) is 31.5 Å². The standard InChI is InChI=1S/C16H16N2OS/c1-13-8-10-15(11-9-13)20(19)18-16(2,12-17)14-6-4-3-5-7-14/h3-11,18H,1-2H3/t16-,20?/m1/s1. The van der Waals surface area contributed by atoms with Crippen LogP contribution in [0.25, 0.3) is 0 Å². The summed E-state index contributed by atoms with van der Waals surface area (Å²) < 4.78 is 15.3. The van der Waals surface area contributed by atoms with E-state index in [9.17, 15) is 9.47 Å². The van der Waals surface area contributed by atoms with Gasteiger partial charge in [0.1, 0.15) is 16.5 Å². The lowest BCUT2D eigenvalue weighted by Crippen LogP contribution is -2.39. The van der Waals surface area contributed by atoms with Crippen molar-refractivity contribution in [3.8, 4) is 6.07 Å². The molecular weight excluding hydrogens is 268 g/mol. The van der Waals surface area contributed by atoms with Gasteiger partial charge in [0.05, 0.1) is 11.0 Å². The molecule has 0 aliphatic rings. The van der Waals surface area contributed by atoms with Crippen LogP contribution in [0.3, 0.4) is 0 Å². The number of hydrogen-bond donors (Lipinski definition) is 1. The molecule has 0 spiro atoms. The maximum absolute atomic E-state index is 12.4. The van der Waals surface area contributed by atoms with Gasteiger partial charge in [-0.25, -0.2) is 8.93 Å². The molecule has 0 aliphatic carbocycles. The quantitative estimate of drug-likeness (QED) is 0.938. The minimum Gasteiger partial charge on any atom is -0.237 e. The summed E-state index contributed by atoms with van der Waals surface area (Å²) in [5.41, 5.74) is 0.914. The molecule has 0 aromatic heterocycles. The summed E-state index contributed by atoms with van der Waals surface area (Å²) in [6.07, 6.45) is 0. The largest absolute Gasteiger partial charge is 0.237 e. The van der Waals surface area contributed by atoms with Crippen molar-refractivity contribution in [2.45, 2.75) is 24.3 Å². The molecule has 102 valence electrons. The van der Waals surface area contributed by atoms with Gasteiger partial charge in [0.25, 0.3) is 0 Å². The second-order valence-electron chi connectivity index (χ2n) is 4.79. The van der Waals surface area contributed by atoms with Gasteiger partial charge in [-0.2, -0.15) is 5.26 Å². The summed E-state index contributed by atoms with van der Waals surface area (Å²) in [5.74, 6) is 0. The lowest BCUT2D eigenvalue weighted by atomic mass is 9.95. The first-order valence-electron chi connectivity index (χ1n) is 6.28. The van der Waals surface area contributed by atoms with Gasteiger partial charge in [0.2, 0.25) is 0 Å². The second-order valence-corrected chi connectivity index (χ2v) is 6.00. The van der Waals surface area contributed by atoms with Crippen LogP contribution >= 0.6 is 0 Å². The SMILES string of the molecule is Cc1ccc(S(=O)N[C@](C)(C#N)c2ccccc2)cc1. The average molecular weight is 284 g/mol. The first-order valence-corrected chi connectivity index (χ1v) is 7.43. The van der Waals surface area contributed by atoms with Crippen molar-refractivity contribution in [3.05, 3.63) is 65.7 Å². The summed E-state index contributed by atoms with van der Waals surface area (Å²) in [5, 5.41) is 9.43. The zero-order chi connectivity index (χ0) is 14.6. The monoisotopic (exact) mass is 284 g/mol. The van der Waals surface area contributed by atoms with Gasteiger partial charge in [0, 0.05) is 0 Å². The highest BCUT2D eigenvalue weighted by Crippen LogP contribution is 2.21. The lowest BCUT2D eigenvalue weighted by molar-refractivity contribution is 0.569. The Morgan fingerprint density at radius 1 is 1.10 bits per heavy atom. The van der Waals surface area contributed by atoms with Crippen LogP contribution < -0.4 is 4.72 Å². The maximum Gasteiger partial charge on any atom is 0.140 e. The van der Waals surface area contributed by atoms with Crippen LogP contribution in [0.15, 0.2) is 59.5 Å². The van der Waals surface area contributed by atoms with E-state index in [2.05, 4.69) is 10.8 Å². The molecule has 0 radical (unpaired) electrons. The third-order valence-corrected chi connectivity index (χ3v) is 4.40. The molecule has 2 atom stereocenters. The number of hydrogen-bond acceptors (Lipinski definition) is 2. The number of rotatable bonds is 4. The Kier molecular flexibility index (Phi) is 4.33. The van der Waals surface area contributed by atoms with Crippen molar-refractivity contribution in [2.75, 3.05) is 0 Å². The molecule has 2 rings (SSSR count). The van der Waals surface area contributed by atoms with E-state index in [0.29, 0.717) is 4.90 Å². The van der Waals surface area contributed by atoms with Crippen LogP contribution in [0.4, 0.5) is 0 Å². The molecule has 2 aromatic rings. The van der Waals surface area contributed by atoms with Crippen molar-refractivity contribution in [2.24, 2.45) is 0 Å². The van der Waals surface area contributed by atoms with Gasteiger partial charge in [-0.3, -0.25) is 0 Å². The van der Waals surface area contributed by atoms with Crippen molar-refractivity contribution in [3.63, 3.8) is 0 Å². The third kappa shape index (κ3) is 3.13. The highest BCUT2D eigenvalue weighted by atomic mass is 32.2. The van der Waals surface area contributed by atoms with E-state index in [4.69, 9.17) is 0 Å². The molecule has 3 nitrogen and oxygen atoms in total. The number of aryl methyl sites for hydroxylation is 1. The molecule has 0 fully saturated rings. The predicted octanol–water partition coefficient (Wildman–Crippen LogP) is 3.05. The topological polar surface area (TPSA) is 52.9 Å². The maximum atomic E-state index is 12.4. The molecule has 0 amide bonds. The molecule has 20 heavy (non-hydrogen) atoms. The highest BCUT2D eigenvalue weighted by molar-refractivity contribution is 7.83. The van der Waals surface area contributed by atoms with Crippen molar-refractivity contribution in [1.29, 1.82) is 5.26 Å². The Bertz CT molecular complexity index is 646. The van der Waals surface area contributed by atoms with E-state index >= 15 is 0 Å². The first-order chi connectivity index (χ1) is 9.55. The van der Waals surface area contributed by atoms with Crippen LogP contribution in [0, 0.1) is 18.3 Å². The van der Waals surface area contributed by atoms with Crippen molar-refractivity contribution < 1.29 is 4.21 Å². The molecule has 0 bridgehead atoms. The van der Waals surface area contributed by atoms with Crippen LogP contribution in [0.5, 0.6) is 0 Å². The molecule has 4 heteroatoms. The van der Waals surface area contributed by atoms with Gasteiger partial charge >= 0.3 is 0 Å². The Morgan fingerprint density at radius 2 is 1.70 bits per heavy atom. The fourth-order valence-electron chi connectivity index (χ4n) is 1.82. The predicted molar refractivity (Wildman–Crippen MR) is 80.1 cm³/mol. The Hall–Kier alpha value is -1.96. The number of benzene rings is 2. The van der Waals surface area contributed by atoms with Gasteiger partial charge in [-0.1, -0.05) is 48.0 Å². The summed E-state index contributed by atoms with van der Waals surface area (Å²) in [6, 6.07) is 18.9. The van der Waals surface area contributed by atoms with Crippen LogP contribution in [0.1, 0.15) is 18.1 Å². The minimum absolute atomic E-state index is 0.660. The summed E-state index contributed by atoms with van der Waals surface area (Å²) >= 11 is 0. The van der Waals surface area contributed by atoms with E-state index in [1.807, 2.05) is 49.4 Å². The molecule has 0 saturated heterocycles. The van der Waals surface area contributed by atoms with Crippen LogP contribution in [0.2, 0.25) is 0 Å². The number of nitriles is 1. The molecule has 1 unspecified atom stereocenters. The normalized spacial score (nSPS) is 15.1. The minimum atomic E-state index is -1.43. The molecular formula is C16H16N2OS. The summed E-state index contributed by atoms with van der Waals surface area (Å²) in [6.45, 7) is 3.71. The number of nitrogens with one attached hydrogen (secondary N) is 1. The molecule has 0 heterocycles. The molecule has 1 N–H and O–H groups in total. The van der Waals surface area contributed by atoms with E-state index in [1.54, 1.807) is 19.1 Å². The van der Waals surface area contributed by atoms with Gasteiger partial charge in [0.15, 0.2) is 0 Å². The van der Waals surface area contributed by atoms with Crippen LogP contribution in [-0.4, -0.2) is 4.21 Å². The third-order valence-electron chi connectivity index (χ3n) is 3.11. The smallest absolute Gasteiger partial charge is 0.140 e. The van der Waals surface area contributed by atoms with Gasteiger partial charge in [-0.15, -0.1) is 0 Å². The average Bonchev–Trinajstić information content (AvgIpc) is 2.48. The number of nitrogens with zero attached hydrogens (tertiary/aromatic N) is 1. The van der Waals surface area contributed by atoms with E-state index < -0.39 is 16.5 Å². The van der Waals surface area contributed by atoms with Crippen molar-refractivity contribution in [1.82, 2.24) is 4.72 Å². The molecule has 0 aliphatic heterocycles.